The van der Waals surface area contributed by atoms with Crippen LogP contribution < -0.4 is 5.32 Å². The van der Waals surface area contributed by atoms with Crippen molar-refractivity contribution in [2.45, 2.75) is 24.2 Å². The van der Waals surface area contributed by atoms with Gasteiger partial charge in [0, 0.05) is 11.4 Å². The van der Waals surface area contributed by atoms with E-state index in [-0.39, 0.29) is 0 Å². The molecule has 0 aliphatic carbocycles. The monoisotopic (exact) mass is 324 g/mol. The Bertz CT molecular complexity index is 564. The molecular formula is C13H16N4O2S2. The van der Waals surface area contributed by atoms with Crippen LogP contribution in [0.25, 0.3) is 0 Å². The second-order valence-electron chi connectivity index (χ2n) is 5.76. The molecule has 5 aliphatic rings. The third-order valence-electron chi connectivity index (χ3n) is 4.44. The minimum atomic E-state index is 0.316. The summed E-state index contributed by atoms with van der Waals surface area (Å²) in [5, 5.41) is 7.89. The van der Waals surface area contributed by atoms with Crippen molar-refractivity contribution in [2.24, 2.45) is 9.98 Å². The van der Waals surface area contributed by atoms with Crippen LogP contribution >= 0.6 is 23.5 Å². The number of fused-ring (bicyclic) bond motifs is 4. The Kier molecular flexibility index (Phi) is 2.99. The fourth-order valence-electron chi connectivity index (χ4n) is 3.33. The third-order valence-corrected chi connectivity index (χ3v) is 6.28. The summed E-state index contributed by atoms with van der Waals surface area (Å²) in [6.45, 7) is 3.09. The van der Waals surface area contributed by atoms with Gasteiger partial charge in [0.15, 0.2) is 10.3 Å². The molecule has 8 heteroatoms. The summed E-state index contributed by atoms with van der Waals surface area (Å²) in [4.78, 5) is 11.8. The summed E-state index contributed by atoms with van der Waals surface area (Å²) < 4.78 is 11.0. The predicted molar refractivity (Wildman–Crippen MR) is 84.8 cm³/mol. The van der Waals surface area contributed by atoms with Gasteiger partial charge in [0.2, 0.25) is 0 Å². The van der Waals surface area contributed by atoms with Gasteiger partial charge in [0.05, 0.1) is 50.6 Å². The highest BCUT2D eigenvalue weighted by Crippen LogP contribution is 2.38. The summed E-state index contributed by atoms with van der Waals surface area (Å²) in [5.74, 6) is 0.932. The molecule has 0 saturated carbocycles. The van der Waals surface area contributed by atoms with E-state index in [1.165, 1.54) is 5.70 Å². The Balaban J connectivity index is 1.25. The molecule has 2 saturated heterocycles. The molecule has 112 valence electrons. The van der Waals surface area contributed by atoms with Crippen molar-refractivity contribution in [3.05, 3.63) is 11.1 Å². The van der Waals surface area contributed by atoms with Crippen LogP contribution in [0.2, 0.25) is 0 Å². The molecule has 5 aliphatic heterocycles. The Labute approximate surface area is 131 Å². The number of ether oxygens (including phenoxy) is 2. The van der Waals surface area contributed by atoms with Crippen molar-refractivity contribution in [1.82, 2.24) is 10.2 Å². The maximum Gasteiger partial charge on any atom is 0.168 e. The highest BCUT2D eigenvalue weighted by molar-refractivity contribution is 8.17. The van der Waals surface area contributed by atoms with Crippen LogP contribution in [0.4, 0.5) is 0 Å². The summed E-state index contributed by atoms with van der Waals surface area (Å²) >= 11 is 3.53. The van der Waals surface area contributed by atoms with Crippen molar-refractivity contribution < 1.29 is 9.47 Å². The van der Waals surface area contributed by atoms with Crippen molar-refractivity contribution in [3.63, 3.8) is 0 Å². The first-order valence-electron chi connectivity index (χ1n) is 7.24. The average Bonchev–Trinajstić information content (AvgIpc) is 3.20. The van der Waals surface area contributed by atoms with Gasteiger partial charge in [-0.2, -0.15) is 0 Å². The quantitative estimate of drug-likeness (QED) is 0.797. The van der Waals surface area contributed by atoms with E-state index < -0.39 is 0 Å². The van der Waals surface area contributed by atoms with E-state index in [4.69, 9.17) is 19.5 Å². The molecule has 0 aromatic carbocycles. The van der Waals surface area contributed by atoms with Gasteiger partial charge in [-0.25, -0.2) is 0 Å². The molecule has 1 N–H and O–H groups in total. The van der Waals surface area contributed by atoms with Gasteiger partial charge in [-0.05, 0) is 5.41 Å². The number of nitrogens with zero attached hydrogens (tertiary/aromatic N) is 3. The maximum atomic E-state index is 5.55. The largest absolute Gasteiger partial charge is 0.377 e. The lowest BCUT2D eigenvalue weighted by Gasteiger charge is -2.23. The maximum absolute atomic E-state index is 5.55. The first-order chi connectivity index (χ1) is 10.4. The zero-order valence-corrected chi connectivity index (χ0v) is 13.0. The molecule has 5 rings (SSSR count). The van der Waals surface area contributed by atoms with Gasteiger partial charge in [-0.1, -0.05) is 23.5 Å². The molecule has 0 spiro atoms. The molecule has 5 heterocycles. The smallest absolute Gasteiger partial charge is 0.168 e. The third kappa shape index (κ3) is 2.03. The lowest BCUT2D eigenvalue weighted by Crippen LogP contribution is -2.37. The van der Waals surface area contributed by atoms with Crippen LogP contribution in [0, 0.1) is 0 Å². The lowest BCUT2D eigenvalue weighted by atomic mass is 10.2. The van der Waals surface area contributed by atoms with Crippen LogP contribution in [0.15, 0.2) is 21.1 Å². The average molecular weight is 324 g/mol. The molecule has 0 amide bonds. The van der Waals surface area contributed by atoms with Gasteiger partial charge in [-0.3, -0.25) is 9.98 Å². The van der Waals surface area contributed by atoms with Crippen LogP contribution in [0.5, 0.6) is 0 Å². The summed E-state index contributed by atoms with van der Waals surface area (Å²) in [6, 6.07) is 1.44. The molecule has 0 radical (unpaired) electrons. The second-order valence-corrected chi connectivity index (χ2v) is 7.56. The summed E-state index contributed by atoms with van der Waals surface area (Å²) in [7, 11) is 0. The summed E-state index contributed by atoms with van der Waals surface area (Å²) in [6.07, 6.45) is 0. The van der Waals surface area contributed by atoms with Crippen molar-refractivity contribution in [1.29, 1.82) is 0 Å². The number of nitrogens with one attached hydrogen (secondary N) is 1. The van der Waals surface area contributed by atoms with E-state index >= 15 is 0 Å². The van der Waals surface area contributed by atoms with Gasteiger partial charge >= 0.3 is 0 Å². The second kappa shape index (κ2) is 4.91. The Morgan fingerprint density at radius 2 is 2.14 bits per heavy atom. The number of amidine groups is 2. The van der Waals surface area contributed by atoms with E-state index in [2.05, 4.69) is 15.6 Å². The first kappa shape index (κ1) is 12.8. The van der Waals surface area contributed by atoms with Crippen LogP contribution in [0.1, 0.15) is 0 Å². The van der Waals surface area contributed by atoms with Gasteiger partial charge in [0.25, 0.3) is 0 Å². The normalized spacial score (nSPS) is 39.6. The van der Waals surface area contributed by atoms with Crippen molar-refractivity contribution >= 4 is 33.9 Å². The highest BCUT2D eigenvalue weighted by atomic mass is 32.2. The predicted octanol–water partition coefficient (Wildman–Crippen LogP) is 0.473. The van der Waals surface area contributed by atoms with Crippen LogP contribution in [-0.2, 0) is 9.47 Å². The van der Waals surface area contributed by atoms with E-state index in [1.807, 2.05) is 0 Å². The lowest BCUT2D eigenvalue weighted by molar-refractivity contribution is 0.178. The Morgan fingerprint density at radius 3 is 3.10 bits per heavy atom. The Hall–Kier alpha value is -0.700. The molecule has 2 fully saturated rings. The van der Waals surface area contributed by atoms with E-state index in [0.717, 1.165) is 42.5 Å². The SMILES string of the molecule is C1=C(CSC2=N[C@H]3COC[C@H]3N2)N2C(=N[C@@H]3COC[C@@H]32)S1. The van der Waals surface area contributed by atoms with Crippen LogP contribution in [-0.4, -0.2) is 71.6 Å². The molecule has 0 aromatic heterocycles. The topological polar surface area (TPSA) is 58.5 Å². The van der Waals surface area contributed by atoms with Gasteiger partial charge in [0.1, 0.15) is 0 Å². The Morgan fingerprint density at radius 1 is 1.24 bits per heavy atom. The fourth-order valence-corrected chi connectivity index (χ4v) is 5.39. The standard InChI is InChI=1S/C13H16N4O2S2/c1-8-9(2-18-1)15-12(14-8)20-5-7-6-21-13-16-10-3-19-4-11(10)17(7)13/h6,8-11H,1-5H2,(H,14,15)/t8-,9+,10-,11+/m1/s1. The molecule has 0 bridgehead atoms. The van der Waals surface area contributed by atoms with Gasteiger partial charge < -0.3 is 19.7 Å². The number of thioether (sulfide) groups is 2. The molecule has 21 heavy (non-hydrogen) atoms. The number of hydrogen-bond donors (Lipinski definition) is 1. The fraction of sp³-hybridized carbons (Fsp3) is 0.692. The zero-order chi connectivity index (χ0) is 13.8. The van der Waals surface area contributed by atoms with E-state index in [1.54, 1.807) is 23.5 Å². The molecule has 0 unspecified atom stereocenters. The van der Waals surface area contributed by atoms with E-state index in [9.17, 15) is 0 Å². The molecule has 0 aromatic rings. The molecule has 6 nitrogen and oxygen atoms in total. The molecule has 4 atom stereocenters. The highest BCUT2D eigenvalue weighted by Gasteiger charge is 2.44. The van der Waals surface area contributed by atoms with Crippen molar-refractivity contribution in [3.8, 4) is 0 Å². The van der Waals surface area contributed by atoms with Crippen LogP contribution in [0.3, 0.4) is 0 Å². The van der Waals surface area contributed by atoms with E-state index in [0.29, 0.717) is 24.2 Å². The number of hydrogen-bond acceptors (Lipinski definition) is 8. The van der Waals surface area contributed by atoms with Gasteiger partial charge in [-0.15, -0.1) is 0 Å². The number of rotatable bonds is 2. The summed E-state index contributed by atoms with van der Waals surface area (Å²) in [5.41, 5.74) is 1.33. The minimum absolute atomic E-state index is 0.316. The minimum Gasteiger partial charge on any atom is -0.377 e. The number of aliphatic imine (C=N–C) groups is 2. The zero-order valence-electron chi connectivity index (χ0n) is 11.4. The molecular weight excluding hydrogens is 308 g/mol. The van der Waals surface area contributed by atoms with Crippen molar-refractivity contribution in [2.75, 3.05) is 32.2 Å². The first-order valence-corrected chi connectivity index (χ1v) is 9.10.